The number of aliphatic hydroxyl groups is 1. The molecular formula is C20H19BrN2O3. The average molecular weight is 415 g/mol. The molecule has 26 heavy (non-hydrogen) atoms. The third-order valence-electron chi connectivity index (χ3n) is 3.96. The molecule has 1 N–H and O–H groups in total. The molecule has 3 rings (SSSR count). The first-order valence-corrected chi connectivity index (χ1v) is 9.02. The van der Waals surface area contributed by atoms with Gasteiger partial charge in [-0.15, -0.1) is 6.58 Å². The van der Waals surface area contributed by atoms with Crippen LogP contribution in [0.15, 0.2) is 70.7 Å². The molecule has 3 aromatic rings. The Hall–Kier alpha value is -2.44. The predicted octanol–water partition coefficient (Wildman–Crippen LogP) is 3.33. The number of halogens is 1. The fraction of sp³-hybridized carbons (Fsp3) is 0.200. The molecule has 5 nitrogen and oxygen atoms in total. The highest BCUT2D eigenvalue weighted by Gasteiger charge is 2.11. The highest BCUT2D eigenvalue weighted by atomic mass is 79.9. The van der Waals surface area contributed by atoms with Gasteiger partial charge in [-0.3, -0.25) is 9.36 Å². The van der Waals surface area contributed by atoms with E-state index in [0.717, 1.165) is 10.0 Å². The molecule has 6 heteroatoms. The van der Waals surface area contributed by atoms with Crippen molar-refractivity contribution in [3.63, 3.8) is 0 Å². The molecular weight excluding hydrogens is 396 g/mol. The second kappa shape index (κ2) is 8.29. The zero-order valence-corrected chi connectivity index (χ0v) is 15.7. The molecule has 0 fully saturated rings. The maximum atomic E-state index is 12.6. The number of nitrogens with zero attached hydrogens (tertiary/aromatic N) is 2. The lowest BCUT2D eigenvalue weighted by Crippen LogP contribution is -2.30. The van der Waals surface area contributed by atoms with Gasteiger partial charge in [0, 0.05) is 4.47 Å². The number of para-hydroxylation sites is 1. The quantitative estimate of drug-likeness (QED) is 0.602. The Labute approximate surface area is 159 Å². The second-order valence-electron chi connectivity index (χ2n) is 5.93. The van der Waals surface area contributed by atoms with Crippen molar-refractivity contribution in [2.24, 2.45) is 0 Å². The molecule has 0 radical (unpaired) electrons. The summed E-state index contributed by atoms with van der Waals surface area (Å²) in [6.45, 7) is 3.93. The number of fused-ring (bicyclic) bond motifs is 1. The largest absolute Gasteiger partial charge is 0.491 e. The molecule has 0 aliphatic carbocycles. The number of hydrogen-bond acceptors (Lipinski definition) is 4. The summed E-state index contributed by atoms with van der Waals surface area (Å²) >= 11 is 3.36. The summed E-state index contributed by atoms with van der Waals surface area (Å²) < 4.78 is 7.94. The second-order valence-corrected chi connectivity index (χ2v) is 6.84. The van der Waals surface area contributed by atoms with Gasteiger partial charge in [0.05, 0.1) is 23.8 Å². The molecule has 0 aliphatic rings. The molecule has 1 atom stereocenters. The lowest BCUT2D eigenvalue weighted by molar-refractivity contribution is 0.0911. The van der Waals surface area contributed by atoms with Crippen LogP contribution in [-0.2, 0) is 13.0 Å². The van der Waals surface area contributed by atoms with Crippen LogP contribution in [0, 0.1) is 0 Å². The van der Waals surface area contributed by atoms with Crippen molar-refractivity contribution in [3.05, 3.63) is 81.8 Å². The number of hydrogen-bond donors (Lipinski definition) is 1. The van der Waals surface area contributed by atoms with E-state index in [-0.39, 0.29) is 18.7 Å². The molecule has 0 spiro atoms. The molecule has 0 bridgehead atoms. The zero-order chi connectivity index (χ0) is 18.5. The Kier molecular flexibility index (Phi) is 5.85. The minimum atomic E-state index is -0.837. The van der Waals surface area contributed by atoms with Crippen LogP contribution in [0.4, 0.5) is 0 Å². The maximum absolute atomic E-state index is 12.6. The molecule has 0 unspecified atom stereocenters. The Balaban J connectivity index is 1.72. The average Bonchev–Trinajstić information content (AvgIpc) is 2.64. The number of aromatic nitrogens is 2. The topological polar surface area (TPSA) is 64.3 Å². The summed E-state index contributed by atoms with van der Waals surface area (Å²) in [5, 5.41) is 10.8. The van der Waals surface area contributed by atoms with Crippen LogP contribution < -0.4 is 10.3 Å². The van der Waals surface area contributed by atoms with Crippen LogP contribution >= 0.6 is 15.9 Å². The van der Waals surface area contributed by atoms with Crippen molar-refractivity contribution < 1.29 is 9.84 Å². The maximum Gasteiger partial charge on any atom is 0.261 e. The van der Waals surface area contributed by atoms with E-state index in [1.165, 1.54) is 10.9 Å². The monoisotopic (exact) mass is 414 g/mol. The van der Waals surface area contributed by atoms with Crippen LogP contribution in [0.1, 0.15) is 5.56 Å². The van der Waals surface area contributed by atoms with Gasteiger partial charge in [-0.05, 0) is 36.2 Å². The number of allylic oxidation sites excluding steroid dienone is 1. The van der Waals surface area contributed by atoms with Crippen LogP contribution in [0.2, 0.25) is 0 Å². The van der Waals surface area contributed by atoms with Gasteiger partial charge >= 0.3 is 0 Å². The highest BCUT2D eigenvalue weighted by molar-refractivity contribution is 9.10. The van der Waals surface area contributed by atoms with Gasteiger partial charge < -0.3 is 9.84 Å². The summed E-state index contributed by atoms with van der Waals surface area (Å²) in [5.41, 5.74) is 1.44. The Bertz CT molecular complexity index is 984. The molecule has 1 heterocycles. The van der Waals surface area contributed by atoms with Gasteiger partial charge in [-0.1, -0.05) is 40.2 Å². The van der Waals surface area contributed by atoms with E-state index in [1.807, 2.05) is 30.3 Å². The summed E-state index contributed by atoms with van der Waals surface area (Å²) in [6, 6.07) is 13.0. The van der Waals surface area contributed by atoms with Crippen molar-refractivity contribution in [1.82, 2.24) is 9.55 Å². The van der Waals surface area contributed by atoms with E-state index in [4.69, 9.17) is 4.74 Å². The highest BCUT2D eigenvalue weighted by Crippen LogP contribution is 2.19. The SMILES string of the molecule is C=CCc1ccccc1OC[C@H](O)Cn1cnc2ccc(Br)cc2c1=O. The first kappa shape index (κ1) is 18.4. The molecule has 0 saturated heterocycles. The van der Waals surface area contributed by atoms with E-state index in [0.29, 0.717) is 23.1 Å². The van der Waals surface area contributed by atoms with Crippen LogP contribution in [0.3, 0.4) is 0 Å². The minimum absolute atomic E-state index is 0.0805. The van der Waals surface area contributed by atoms with Crippen molar-refractivity contribution in [3.8, 4) is 5.75 Å². The minimum Gasteiger partial charge on any atom is -0.491 e. The lowest BCUT2D eigenvalue weighted by atomic mass is 10.1. The van der Waals surface area contributed by atoms with Gasteiger partial charge in [0.2, 0.25) is 0 Å². The number of benzene rings is 2. The van der Waals surface area contributed by atoms with Gasteiger partial charge in [0.1, 0.15) is 18.5 Å². The number of rotatable bonds is 7. The van der Waals surface area contributed by atoms with Crippen LogP contribution in [-0.4, -0.2) is 27.4 Å². The van der Waals surface area contributed by atoms with E-state index < -0.39 is 6.10 Å². The molecule has 0 amide bonds. The fourth-order valence-corrected chi connectivity index (χ4v) is 3.06. The first-order valence-electron chi connectivity index (χ1n) is 8.23. The molecule has 1 aromatic heterocycles. The first-order chi connectivity index (χ1) is 12.6. The predicted molar refractivity (Wildman–Crippen MR) is 106 cm³/mol. The van der Waals surface area contributed by atoms with Gasteiger partial charge in [0.15, 0.2) is 0 Å². The molecule has 2 aromatic carbocycles. The zero-order valence-electron chi connectivity index (χ0n) is 14.1. The van der Waals surface area contributed by atoms with E-state index >= 15 is 0 Å². The van der Waals surface area contributed by atoms with E-state index in [1.54, 1.807) is 18.2 Å². The third kappa shape index (κ3) is 4.20. The van der Waals surface area contributed by atoms with Crippen LogP contribution in [0.5, 0.6) is 5.75 Å². The molecule has 0 aliphatic heterocycles. The standard InChI is InChI=1S/C20H19BrN2O3/c1-2-5-14-6-3-4-7-19(14)26-12-16(24)11-23-13-22-18-9-8-15(21)10-17(18)20(23)25/h2-4,6-10,13,16,24H,1,5,11-12H2/t16-/m1/s1. The van der Waals surface area contributed by atoms with E-state index in [9.17, 15) is 9.90 Å². The van der Waals surface area contributed by atoms with Gasteiger partial charge in [0.25, 0.3) is 5.56 Å². The van der Waals surface area contributed by atoms with Crippen molar-refractivity contribution in [2.45, 2.75) is 19.1 Å². The third-order valence-corrected chi connectivity index (χ3v) is 4.45. The summed E-state index contributed by atoms with van der Waals surface area (Å²) in [7, 11) is 0. The molecule has 134 valence electrons. The van der Waals surface area contributed by atoms with Crippen molar-refractivity contribution >= 4 is 26.8 Å². The Morgan fingerprint density at radius 2 is 2.12 bits per heavy atom. The Morgan fingerprint density at radius 1 is 1.31 bits per heavy atom. The summed E-state index contributed by atoms with van der Waals surface area (Å²) in [5.74, 6) is 0.708. The Morgan fingerprint density at radius 3 is 2.92 bits per heavy atom. The van der Waals surface area contributed by atoms with E-state index in [2.05, 4.69) is 27.5 Å². The number of aliphatic hydroxyl groups excluding tert-OH is 1. The van der Waals surface area contributed by atoms with Gasteiger partial charge in [-0.2, -0.15) is 0 Å². The fourth-order valence-electron chi connectivity index (χ4n) is 2.70. The summed E-state index contributed by atoms with van der Waals surface area (Å²) in [4.78, 5) is 16.8. The number of ether oxygens (including phenoxy) is 1. The van der Waals surface area contributed by atoms with Gasteiger partial charge in [-0.25, -0.2) is 4.98 Å². The smallest absolute Gasteiger partial charge is 0.261 e. The van der Waals surface area contributed by atoms with Crippen LogP contribution in [0.25, 0.3) is 10.9 Å². The molecule has 0 saturated carbocycles. The lowest BCUT2D eigenvalue weighted by Gasteiger charge is -2.15. The normalized spacial score (nSPS) is 12.1. The van der Waals surface area contributed by atoms with Crippen molar-refractivity contribution in [2.75, 3.05) is 6.61 Å². The summed E-state index contributed by atoms with van der Waals surface area (Å²) in [6.07, 6.45) is 3.11. The van der Waals surface area contributed by atoms with Crippen molar-refractivity contribution in [1.29, 1.82) is 0 Å².